The van der Waals surface area contributed by atoms with Crippen LogP contribution in [-0.2, 0) is 19.5 Å². The van der Waals surface area contributed by atoms with E-state index in [4.69, 9.17) is 11.1 Å². The Balaban J connectivity index is 0.00000261. The van der Waals surface area contributed by atoms with E-state index in [-0.39, 0.29) is 12.4 Å². The zero-order chi connectivity index (χ0) is 18.2. The minimum atomic E-state index is 0. The fourth-order valence-electron chi connectivity index (χ4n) is 2.64. The number of hydrogen-bond acceptors (Lipinski definition) is 4. The van der Waals surface area contributed by atoms with E-state index in [9.17, 15) is 0 Å². The van der Waals surface area contributed by atoms with Crippen LogP contribution < -0.4 is 16.4 Å². The zero-order valence-corrected chi connectivity index (χ0v) is 16.7. The third kappa shape index (κ3) is 6.48. The third-order valence-electron chi connectivity index (χ3n) is 4.17. The molecule has 3 aromatic rings. The van der Waals surface area contributed by atoms with Crippen LogP contribution in [0.15, 0.2) is 66.0 Å². The molecule has 0 atom stereocenters. The van der Waals surface area contributed by atoms with Gasteiger partial charge in [0.2, 0.25) is 0 Å². The standard InChI is InChI=1S/C21H24N4S.ClH/c22-14-17-3-5-18(6-4-17)15-24-12-11-16-7-9-19(10-8-16)25-21(23)20-2-1-13-26-20;/h1-10,13,24H,11-12,14-15,22H2,(H2,23,25);1H. The number of anilines is 1. The van der Waals surface area contributed by atoms with Gasteiger partial charge in [0, 0.05) is 18.8 Å². The maximum atomic E-state index is 8.06. The van der Waals surface area contributed by atoms with Crippen molar-refractivity contribution in [3.05, 3.63) is 87.6 Å². The monoisotopic (exact) mass is 400 g/mol. The van der Waals surface area contributed by atoms with Crippen LogP contribution in [0.25, 0.3) is 0 Å². The Morgan fingerprint density at radius 1 is 0.926 bits per heavy atom. The van der Waals surface area contributed by atoms with Gasteiger partial charge in [-0.1, -0.05) is 42.5 Å². The summed E-state index contributed by atoms with van der Waals surface area (Å²) in [6, 6.07) is 20.6. The molecule has 0 radical (unpaired) electrons. The SMILES string of the molecule is Cl.N=C(Nc1ccc(CCNCc2ccc(CN)cc2)cc1)c1cccs1. The maximum Gasteiger partial charge on any atom is 0.140 e. The molecule has 0 aliphatic carbocycles. The lowest BCUT2D eigenvalue weighted by molar-refractivity contribution is 0.687. The van der Waals surface area contributed by atoms with Crippen LogP contribution in [0.1, 0.15) is 21.6 Å². The van der Waals surface area contributed by atoms with Crippen LogP contribution >= 0.6 is 23.7 Å². The lowest BCUT2D eigenvalue weighted by Crippen LogP contribution is -2.16. The van der Waals surface area contributed by atoms with Crippen molar-refractivity contribution in [2.45, 2.75) is 19.5 Å². The summed E-state index contributed by atoms with van der Waals surface area (Å²) in [5, 5.41) is 16.7. The summed E-state index contributed by atoms with van der Waals surface area (Å²) in [5.41, 5.74) is 10.3. The molecule has 4 nitrogen and oxygen atoms in total. The molecule has 0 aliphatic rings. The third-order valence-corrected chi connectivity index (χ3v) is 5.06. The predicted octanol–water partition coefficient (Wildman–Crippen LogP) is 4.40. The van der Waals surface area contributed by atoms with Crippen LogP contribution in [0.3, 0.4) is 0 Å². The number of amidine groups is 1. The summed E-state index contributed by atoms with van der Waals surface area (Å²) >= 11 is 1.57. The molecular formula is C21H25ClN4S. The average molecular weight is 401 g/mol. The Bertz CT molecular complexity index is 814. The molecule has 0 amide bonds. The molecule has 6 heteroatoms. The Hall–Kier alpha value is -2.18. The molecule has 5 N–H and O–H groups in total. The number of halogens is 1. The molecule has 0 bridgehead atoms. The lowest BCUT2D eigenvalue weighted by Gasteiger charge is -2.09. The number of nitrogens with two attached hydrogens (primary N) is 1. The molecule has 27 heavy (non-hydrogen) atoms. The summed E-state index contributed by atoms with van der Waals surface area (Å²) in [6.45, 7) is 2.38. The first-order chi connectivity index (χ1) is 12.7. The molecular weight excluding hydrogens is 376 g/mol. The topological polar surface area (TPSA) is 73.9 Å². The van der Waals surface area contributed by atoms with Gasteiger partial charge in [-0.15, -0.1) is 23.7 Å². The van der Waals surface area contributed by atoms with Gasteiger partial charge in [0.1, 0.15) is 5.84 Å². The second-order valence-electron chi connectivity index (χ2n) is 6.12. The van der Waals surface area contributed by atoms with Crippen LogP contribution in [-0.4, -0.2) is 12.4 Å². The second kappa shape index (κ2) is 10.8. The largest absolute Gasteiger partial charge is 0.340 e. The van der Waals surface area contributed by atoms with E-state index in [0.29, 0.717) is 12.4 Å². The Morgan fingerprint density at radius 2 is 1.59 bits per heavy atom. The first-order valence-electron chi connectivity index (χ1n) is 8.71. The van der Waals surface area contributed by atoms with Gasteiger partial charge >= 0.3 is 0 Å². The maximum absolute atomic E-state index is 8.06. The quantitative estimate of drug-likeness (QED) is 0.257. The fraction of sp³-hybridized carbons (Fsp3) is 0.190. The Kier molecular flexibility index (Phi) is 8.48. The molecule has 0 unspecified atom stereocenters. The van der Waals surface area contributed by atoms with Crippen LogP contribution in [0.5, 0.6) is 0 Å². The molecule has 0 saturated heterocycles. The summed E-state index contributed by atoms with van der Waals surface area (Å²) in [7, 11) is 0. The van der Waals surface area contributed by atoms with E-state index in [2.05, 4.69) is 47.0 Å². The molecule has 0 fully saturated rings. The number of thiophene rings is 1. The highest BCUT2D eigenvalue weighted by Gasteiger charge is 2.03. The zero-order valence-electron chi connectivity index (χ0n) is 15.1. The highest BCUT2D eigenvalue weighted by molar-refractivity contribution is 7.12. The molecule has 3 rings (SSSR count). The van der Waals surface area contributed by atoms with Crippen molar-refractivity contribution in [1.29, 1.82) is 5.41 Å². The van der Waals surface area contributed by atoms with Crippen LogP contribution in [0, 0.1) is 5.41 Å². The Labute approximate surface area is 170 Å². The van der Waals surface area contributed by atoms with Crippen molar-refractivity contribution in [3.8, 4) is 0 Å². The molecule has 0 saturated carbocycles. The minimum absolute atomic E-state index is 0. The highest BCUT2D eigenvalue weighted by Crippen LogP contribution is 2.14. The van der Waals surface area contributed by atoms with E-state index in [0.717, 1.165) is 35.6 Å². The smallest absolute Gasteiger partial charge is 0.140 e. The number of nitrogens with one attached hydrogen (secondary N) is 3. The lowest BCUT2D eigenvalue weighted by atomic mass is 10.1. The van der Waals surface area contributed by atoms with Gasteiger partial charge in [0.25, 0.3) is 0 Å². The average Bonchev–Trinajstić information content (AvgIpc) is 3.22. The Morgan fingerprint density at radius 3 is 2.22 bits per heavy atom. The van der Waals surface area contributed by atoms with Crippen molar-refractivity contribution in [1.82, 2.24) is 5.32 Å². The molecule has 1 aromatic heterocycles. The van der Waals surface area contributed by atoms with E-state index in [1.807, 2.05) is 29.6 Å². The van der Waals surface area contributed by atoms with Crippen molar-refractivity contribution in [2.75, 3.05) is 11.9 Å². The van der Waals surface area contributed by atoms with Gasteiger partial charge in [-0.2, -0.15) is 0 Å². The van der Waals surface area contributed by atoms with E-state index >= 15 is 0 Å². The fourth-order valence-corrected chi connectivity index (χ4v) is 3.27. The van der Waals surface area contributed by atoms with Crippen LogP contribution in [0.4, 0.5) is 5.69 Å². The minimum Gasteiger partial charge on any atom is -0.340 e. The number of rotatable bonds is 8. The van der Waals surface area contributed by atoms with Crippen LogP contribution in [0.2, 0.25) is 0 Å². The van der Waals surface area contributed by atoms with Gasteiger partial charge in [-0.3, -0.25) is 5.41 Å². The first kappa shape index (κ1) is 21.1. The summed E-state index contributed by atoms with van der Waals surface area (Å²) < 4.78 is 0. The van der Waals surface area contributed by atoms with Crippen molar-refractivity contribution in [3.63, 3.8) is 0 Å². The van der Waals surface area contributed by atoms with Gasteiger partial charge in [0.15, 0.2) is 0 Å². The highest BCUT2D eigenvalue weighted by atomic mass is 35.5. The van der Waals surface area contributed by atoms with E-state index in [1.54, 1.807) is 11.3 Å². The summed E-state index contributed by atoms with van der Waals surface area (Å²) in [4.78, 5) is 0.942. The number of hydrogen-bond donors (Lipinski definition) is 4. The normalized spacial score (nSPS) is 10.3. The molecule has 0 spiro atoms. The number of benzene rings is 2. The predicted molar refractivity (Wildman–Crippen MR) is 118 cm³/mol. The van der Waals surface area contributed by atoms with Gasteiger partial charge < -0.3 is 16.4 Å². The molecule has 2 aromatic carbocycles. The second-order valence-corrected chi connectivity index (χ2v) is 7.07. The van der Waals surface area contributed by atoms with Gasteiger partial charge in [-0.25, -0.2) is 0 Å². The van der Waals surface area contributed by atoms with Gasteiger partial charge in [-0.05, 0) is 53.2 Å². The van der Waals surface area contributed by atoms with Crippen molar-refractivity contribution in [2.24, 2.45) is 5.73 Å². The first-order valence-corrected chi connectivity index (χ1v) is 9.59. The van der Waals surface area contributed by atoms with E-state index < -0.39 is 0 Å². The van der Waals surface area contributed by atoms with Crippen molar-refractivity contribution < 1.29 is 0 Å². The van der Waals surface area contributed by atoms with E-state index in [1.165, 1.54) is 11.1 Å². The molecule has 1 heterocycles. The molecule has 0 aliphatic heterocycles. The molecule has 142 valence electrons. The summed E-state index contributed by atoms with van der Waals surface area (Å²) in [6.07, 6.45) is 0.976. The van der Waals surface area contributed by atoms with Crippen molar-refractivity contribution >= 4 is 35.3 Å². The summed E-state index contributed by atoms with van der Waals surface area (Å²) in [5.74, 6) is 0.440. The van der Waals surface area contributed by atoms with Gasteiger partial charge in [0.05, 0.1) is 4.88 Å².